The van der Waals surface area contributed by atoms with Crippen molar-refractivity contribution in [2.24, 2.45) is 5.92 Å². The van der Waals surface area contributed by atoms with E-state index in [0.717, 1.165) is 0 Å². The summed E-state index contributed by atoms with van der Waals surface area (Å²) in [6.45, 7) is 1.59. The van der Waals surface area contributed by atoms with Crippen LogP contribution >= 0.6 is 0 Å². The SMILES string of the molecule is CCS(=O)(=O)CCCC(O)C1CCS(=O)(=O)C1. The molecule has 7 heteroatoms. The normalized spacial score (nSPS) is 25.9. The molecule has 2 unspecified atom stereocenters. The van der Waals surface area contributed by atoms with E-state index in [2.05, 4.69) is 0 Å². The average molecular weight is 284 g/mol. The molecule has 0 aromatic rings. The third-order valence-electron chi connectivity index (χ3n) is 3.21. The fourth-order valence-corrected chi connectivity index (χ4v) is 4.78. The zero-order chi connectivity index (χ0) is 13.1. The van der Waals surface area contributed by atoms with Gasteiger partial charge in [-0.1, -0.05) is 6.92 Å². The van der Waals surface area contributed by atoms with Crippen molar-refractivity contribution in [1.29, 1.82) is 0 Å². The van der Waals surface area contributed by atoms with Gasteiger partial charge in [0.05, 0.1) is 23.4 Å². The van der Waals surface area contributed by atoms with Crippen molar-refractivity contribution in [2.75, 3.05) is 23.0 Å². The molecule has 0 amide bonds. The molecule has 102 valence electrons. The Hall–Kier alpha value is -0.140. The topological polar surface area (TPSA) is 88.5 Å². The first-order chi connectivity index (χ1) is 7.76. The lowest BCUT2D eigenvalue weighted by molar-refractivity contribution is 0.110. The number of aliphatic hydroxyl groups is 1. The summed E-state index contributed by atoms with van der Waals surface area (Å²) in [6.07, 6.45) is 0.552. The van der Waals surface area contributed by atoms with Gasteiger partial charge >= 0.3 is 0 Å². The third kappa shape index (κ3) is 4.93. The number of hydrogen-bond acceptors (Lipinski definition) is 5. The Bertz CT molecular complexity index is 437. The van der Waals surface area contributed by atoms with E-state index in [1.807, 2.05) is 0 Å². The fourth-order valence-electron chi connectivity index (χ4n) is 2.02. The Morgan fingerprint density at radius 2 is 2.06 bits per heavy atom. The molecule has 0 aromatic carbocycles. The third-order valence-corrected chi connectivity index (χ3v) is 6.79. The molecule has 1 aliphatic rings. The molecule has 0 bridgehead atoms. The van der Waals surface area contributed by atoms with Crippen LogP contribution in [-0.2, 0) is 19.7 Å². The summed E-state index contributed by atoms with van der Waals surface area (Å²) in [7, 11) is -5.97. The Balaban J connectivity index is 2.34. The summed E-state index contributed by atoms with van der Waals surface area (Å²) in [5, 5.41) is 9.79. The molecule has 0 saturated carbocycles. The van der Waals surface area contributed by atoms with E-state index in [1.165, 1.54) is 0 Å². The van der Waals surface area contributed by atoms with Crippen LogP contribution in [-0.4, -0.2) is 51.1 Å². The monoisotopic (exact) mass is 284 g/mol. The lowest BCUT2D eigenvalue weighted by atomic mass is 9.98. The van der Waals surface area contributed by atoms with Crippen molar-refractivity contribution >= 4 is 19.7 Å². The zero-order valence-corrected chi connectivity index (χ0v) is 11.6. The highest BCUT2D eigenvalue weighted by molar-refractivity contribution is 7.91. The van der Waals surface area contributed by atoms with E-state index in [-0.39, 0.29) is 28.9 Å². The molecular weight excluding hydrogens is 264 g/mol. The molecule has 2 atom stereocenters. The van der Waals surface area contributed by atoms with Gasteiger partial charge in [-0.3, -0.25) is 0 Å². The number of rotatable bonds is 6. The lowest BCUT2D eigenvalue weighted by Crippen LogP contribution is -2.22. The maximum atomic E-state index is 11.2. The highest BCUT2D eigenvalue weighted by Gasteiger charge is 2.32. The number of sulfone groups is 2. The van der Waals surface area contributed by atoms with Gasteiger partial charge in [-0.15, -0.1) is 0 Å². The number of hydrogen-bond donors (Lipinski definition) is 1. The van der Waals surface area contributed by atoms with Gasteiger partial charge in [0.2, 0.25) is 0 Å². The molecular formula is C10H20O5S2. The molecule has 0 spiro atoms. The molecule has 1 fully saturated rings. The van der Waals surface area contributed by atoms with Crippen molar-refractivity contribution in [1.82, 2.24) is 0 Å². The standard InChI is InChI=1S/C10H20O5S2/c1-2-16(12,13)6-3-4-10(11)9-5-7-17(14,15)8-9/h9-11H,2-8H2,1H3. The predicted molar refractivity (Wildman–Crippen MR) is 66.3 cm³/mol. The van der Waals surface area contributed by atoms with Crippen molar-refractivity contribution in [3.63, 3.8) is 0 Å². The highest BCUT2D eigenvalue weighted by atomic mass is 32.2. The second-order valence-electron chi connectivity index (χ2n) is 4.61. The molecule has 1 aliphatic heterocycles. The van der Waals surface area contributed by atoms with Crippen LogP contribution in [0.5, 0.6) is 0 Å². The minimum atomic E-state index is -2.99. The van der Waals surface area contributed by atoms with Gasteiger partial charge in [0.1, 0.15) is 9.84 Å². The van der Waals surface area contributed by atoms with Crippen molar-refractivity contribution in [3.8, 4) is 0 Å². The van der Waals surface area contributed by atoms with Gasteiger partial charge < -0.3 is 5.11 Å². The largest absolute Gasteiger partial charge is 0.393 e. The molecule has 0 radical (unpaired) electrons. The van der Waals surface area contributed by atoms with E-state index >= 15 is 0 Å². The van der Waals surface area contributed by atoms with Crippen LogP contribution in [0.3, 0.4) is 0 Å². The summed E-state index contributed by atoms with van der Waals surface area (Å²) in [5.41, 5.74) is 0. The fraction of sp³-hybridized carbons (Fsp3) is 1.00. The maximum Gasteiger partial charge on any atom is 0.150 e. The Labute approximate surface area is 103 Å². The van der Waals surface area contributed by atoms with Gasteiger partial charge in [0, 0.05) is 5.75 Å². The first-order valence-electron chi connectivity index (χ1n) is 5.84. The summed E-state index contributed by atoms with van der Waals surface area (Å²) < 4.78 is 44.9. The van der Waals surface area contributed by atoms with Gasteiger partial charge in [0.25, 0.3) is 0 Å². The van der Waals surface area contributed by atoms with Crippen molar-refractivity contribution < 1.29 is 21.9 Å². The van der Waals surface area contributed by atoms with Gasteiger partial charge in [0.15, 0.2) is 9.84 Å². The smallest absolute Gasteiger partial charge is 0.150 e. The van der Waals surface area contributed by atoms with Crippen molar-refractivity contribution in [2.45, 2.75) is 32.3 Å². The van der Waals surface area contributed by atoms with Gasteiger partial charge in [-0.05, 0) is 25.2 Å². The molecule has 5 nitrogen and oxygen atoms in total. The molecule has 1 N–H and O–H groups in total. The minimum absolute atomic E-state index is 0.0364. The molecule has 1 rings (SSSR count). The van der Waals surface area contributed by atoms with Crippen LogP contribution in [0.25, 0.3) is 0 Å². The maximum absolute atomic E-state index is 11.2. The van der Waals surface area contributed by atoms with Crippen molar-refractivity contribution in [3.05, 3.63) is 0 Å². The van der Waals surface area contributed by atoms with Gasteiger partial charge in [-0.2, -0.15) is 0 Å². The Morgan fingerprint density at radius 1 is 1.41 bits per heavy atom. The zero-order valence-electron chi connectivity index (χ0n) is 10.0. The van der Waals surface area contributed by atoms with Crippen LogP contribution in [0.4, 0.5) is 0 Å². The van der Waals surface area contributed by atoms with Crippen LogP contribution < -0.4 is 0 Å². The molecule has 1 saturated heterocycles. The van der Waals surface area contributed by atoms with Crippen LogP contribution in [0.15, 0.2) is 0 Å². The van der Waals surface area contributed by atoms with E-state index < -0.39 is 25.8 Å². The molecule has 0 aliphatic carbocycles. The van der Waals surface area contributed by atoms with Gasteiger partial charge in [-0.25, -0.2) is 16.8 Å². The summed E-state index contributed by atoms with van der Waals surface area (Å²) in [6, 6.07) is 0. The van der Waals surface area contributed by atoms with E-state index in [4.69, 9.17) is 0 Å². The molecule has 17 heavy (non-hydrogen) atoms. The Morgan fingerprint density at radius 3 is 2.53 bits per heavy atom. The quantitative estimate of drug-likeness (QED) is 0.741. The van der Waals surface area contributed by atoms with Crippen LogP contribution in [0.2, 0.25) is 0 Å². The second-order valence-corrected chi connectivity index (χ2v) is 9.31. The number of aliphatic hydroxyl groups excluding tert-OH is 1. The van der Waals surface area contributed by atoms with E-state index in [1.54, 1.807) is 6.92 Å². The van der Waals surface area contributed by atoms with Crippen LogP contribution in [0, 0.1) is 5.92 Å². The molecule has 1 heterocycles. The Kier molecular flexibility index (Phi) is 4.97. The summed E-state index contributed by atoms with van der Waals surface area (Å²) >= 11 is 0. The predicted octanol–water partition coefficient (Wildman–Crippen LogP) is -0.00310. The lowest BCUT2D eigenvalue weighted by Gasteiger charge is -2.16. The summed E-state index contributed by atoms with van der Waals surface area (Å²) in [5.74, 6) is 0.141. The van der Waals surface area contributed by atoms with Crippen LogP contribution in [0.1, 0.15) is 26.2 Å². The highest BCUT2D eigenvalue weighted by Crippen LogP contribution is 2.24. The van der Waals surface area contributed by atoms with E-state index in [0.29, 0.717) is 19.3 Å². The second kappa shape index (κ2) is 5.67. The minimum Gasteiger partial charge on any atom is -0.393 e. The first kappa shape index (κ1) is 14.9. The molecule has 0 aromatic heterocycles. The average Bonchev–Trinajstić information content (AvgIpc) is 2.58. The first-order valence-corrected chi connectivity index (χ1v) is 9.49. The summed E-state index contributed by atoms with van der Waals surface area (Å²) in [4.78, 5) is 0. The van der Waals surface area contributed by atoms with E-state index in [9.17, 15) is 21.9 Å².